The van der Waals surface area contributed by atoms with E-state index < -0.39 is 12.0 Å². The van der Waals surface area contributed by atoms with Gasteiger partial charge in [0.05, 0.1) is 6.61 Å². The molecular weight excluding hydrogens is 178 g/mol. The molecule has 0 rings (SSSR count). The van der Waals surface area contributed by atoms with Crippen molar-refractivity contribution in [3.05, 3.63) is 0 Å². The molecule has 0 aromatic heterocycles. The summed E-state index contributed by atoms with van der Waals surface area (Å²) in [6.45, 7) is 0.986. The number of ether oxygens (including phenoxy) is 1. The molecule has 0 saturated carbocycles. The van der Waals surface area contributed by atoms with Crippen LogP contribution >= 0.6 is 0 Å². The summed E-state index contributed by atoms with van der Waals surface area (Å²) >= 11 is 0. The number of nitrogens with zero attached hydrogens (tertiary/aromatic N) is 2. The van der Waals surface area contributed by atoms with E-state index in [2.05, 4.69) is 16.2 Å². The summed E-state index contributed by atoms with van der Waals surface area (Å²) in [4.78, 5) is 20.8. The average Bonchev–Trinajstić information content (AvgIpc) is 2.02. The molecule has 13 heavy (non-hydrogen) atoms. The molecule has 0 aromatic carbocycles. The second-order valence-electron chi connectivity index (χ2n) is 2.30. The molecule has 0 radical (unpaired) electrons. The third kappa shape index (κ3) is 5.74. The largest absolute Gasteiger partial charge is 0.480 e. The third-order valence-electron chi connectivity index (χ3n) is 1.07. The molecule has 1 atom stereocenters. The zero-order valence-electron chi connectivity index (χ0n) is 7.14. The molecule has 0 fully saturated rings. The van der Waals surface area contributed by atoms with Crippen molar-refractivity contribution in [3.63, 3.8) is 0 Å². The summed E-state index contributed by atoms with van der Waals surface area (Å²) in [5.74, 6) is 3.29. The molecule has 0 aromatic rings. The van der Waals surface area contributed by atoms with E-state index >= 15 is 0 Å². The van der Waals surface area contributed by atoms with Crippen molar-refractivity contribution in [1.29, 1.82) is 0 Å². The lowest BCUT2D eigenvalue weighted by Crippen LogP contribution is -2.25. The third-order valence-corrected chi connectivity index (χ3v) is 1.07. The summed E-state index contributed by atoms with van der Waals surface area (Å²) in [6, 6.07) is -1.15. The van der Waals surface area contributed by atoms with E-state index in [1.165, 1.54) is 6.92 Å². The van der Waals surface area contributed by atoms with Gasteiger partial charge in [-0.3, -0.25) is 4.79 Å². The van der Waals surface area contributed by atoms with E-state index in [4.69, 9.17) is 9.84 Å². The second-order valence-corrected chi connectivity index (χ2v) is 2.30. The number of Topliss-reactive ketones (excluding diaryl/α,β-unsaturated/α-hetero) is 1. The number of carbonyl (C=O) groups excluding carboxylic acids is 1. The number of carboxylic acids is 1. The first-order valence-electron chi connectivity index (χ1n) is 3.48. The summed E-state index contributed by atoms with van der Waals surface area (Å²) in [6.07, 6.45) is 0. The van der Waals surface area contributed by atoms with Gasteiger partial charge in [-0.15, -0.1) is 0 Å². The Morgan fingerprint density at radius 1 is 1.62 bits per heavy atom. The Hall–Kier alpha value is -1.50. The van der Waals surface area contributed by atoms with E-state index in [0.29, 0.717) is 0 Å². The minimum absolute atomic E-state index is 0.135. The van der Waals surface area contributed by atoms with Gasteiger partial charge in [0, 0.05) is 0 Å². The zero-order valence-corrected chi connectivity index (χ0v) is 7.14. The van der Waals surface area contributed by atoms with E-state index in [1.807, 2.05) is 0 Å². The van der Waals surface area contributed by atoms with Crippen LogP contribution in [0.2, 0.25) is 0 Å². The van der Waals surface area contributed by atoms with E-state index in [1.54, 1.807) is 0 Å². The van der Waals surface area contributed by atoms with Gasteiger partial charge in [-0.2, -0.15) is 5.11 Å². The molecule has 0 heterocycles. The van der Waals surface area contributed by atoms with E-state index in [9.17, 15) is 9.59 Å². The highest BCUT2D eigenvalue weighted by molar-refractivity contribution is 5.77. The maximum absolute atomic E-state index is 10.4. The highest BCUT2D eigenvalue weighted by atomic mass is 16.5. The van der Waals surface area contributed by atoms with Crippen LogP contribution in [-0.4, -0.2) is 36.1 Å². The fraction of sp³-hybridized carbons (Fsp3) is 0.667. The smallest absolute Gasteiger partial charge is 0.332 e. The maximum Gasteiger partial charge on any atom is 0.332 e. The lowest BCUT2D eigenvalue weighted by molar-refractivity contribution is -0.141. The first-order valence-corrected chi connectivity index (χ1v) is 3.48. The number of aliphatic carboxylic acids is 1. The fourth-order valence-electron chi connectivity index (χ4n) is 0.549. The van der Waals surface area contributed by atoms with Crippen molar-refractivity contribution in [3.8, 4) is 0 Å². The predicted molar refractivity (Wildman–Crippen MR) is 42.0 cm³/mol. The van der Waals surface area contributed by atoms with Crippen LogP contribution in [0.25, 0.3) is 0 Å². The molecule has 0 aliphatic carbocycles. The van der Waals surface area contributed by atoms with E-state index in [0.717, 1.165) is 0 Å². The molecule has 1 unspecified atom stereocenters. The van der Waals surface area contributed by atoms with Gasteiger partial charge in [0.1, 0.15) is 6.61 Å². The van der Waals surface area contributed by atoms with Crippen molar-refractivity contribution in [2.75, 3.05) is 13.2 Å². The number of ketones is 1. The van der Waals surface area contributed by atoms with Crippen molar-refractivity contribution in [2.24, 2.45) is 16.2 Å². The molecule has 0 amide bonds. The Balaban J connectivity index is 3.83. The van der Waals surface area contributed by atoms with Gasteiger partial charge in [0.15, 0.2) is 11.8 Å². The quantitative estimate of drug-likeness (QED) is 0.328. The molecule has 3 N–H and O–H groups in total. The van der Waals surface area contributed by atoms with Crippen LogP contribution in [0, 0.1) is 0 Å². The number of carboxylic acid groups (broad SMARTS) is 1. The Morgan fingerprint density at radius 3 is 2.62 bits per heavy atom. The minimum atomic E-state index is -1.20. The lowest BCUT2D eigenvalue weighted by Gasteiger charge is -2.04. The van der Waals surface area contributed by atoms with Crippen LogP contribution in [-0.2, 0) is 14.3 Å². The average molecular weight is 189 g/mol. The molecule has 7 nitrogen and oxygen atoms in total. The molecule has 7 heteroatoms. The highest BCUT2D eigenvalue weighted by Gasteiger charge is 2.16. The van der Waals surface area contributed by atoms with Crippen LogP contribution in [0.3, 0.4) is 0 Å². The molecule has 0 saturated heterocycles. The topological polar surface area (TPSA) is 114 Å². The summed E-state index contributed by atoms with van der Waals surface area (Å²) in [7, 11) is 0. The van der Waals surface area contributed by atoms with Gasteiger partial charge >= 0.3 is 5.97 Å². The highest BCUT2D eigenvalue weighted by Crippen LogP contribution is 1.93. The van der Waals surface area contributed by atoms with Gasteiger partial charge < -0.3 is 15.7 Å². The Morgan fingerprint density at radius 2 is 2.23 bits per heavy atom. The monoisotopic (exact) mass is 189 g/mol. The van der Waals surface area contributed by atoms with Gasteiger partial charge in [0.2, 0.25) is 0 Å². The SMILES string of the molecule is CC(=O)COCC(N=NN)C(=O)O. The first kappa shape index (κ1) is 11.5. The van der Waals surface area contributed by atoms with Gasteiger partial charge in [-0.1, -0.05) is 5.22 Å². The Kier molecular flexibility index (Phi) is 5.37. The van der Waals surface area contributed by atoms with Crippen molar-refractivity contribution in [2.45, 2.75) is 13.0 Å². The minimum Gasteiger partial charge on any atom is -0.480 e. The molecule has 0 spiro atoms. The van der Waals surface area contributed by atoms with Gasteiger partial charge in [-0.05, 0) is 6.92 Å². The van der Waals surface area contributed by atoms with Gasteiger partial charge in [0.25, 0.3) is 0 Å². The standard InChI is InChI=1S/C6H11N3O4/c1-4(10)2-13-3-5(6(11)12)8-9-7/h5H,2-3H2,1H3,(H2,7,8)(H,11,12). The number of hydrogen-bond acceptors (Lipinski definition) is 5. The molecule has 0 aliphatic heterocycles. The molecule has 74 valence electrons. The zero-order chi connectivity index (χ0) is 10.3. The van der Waals surface area contributed by atoms with Crippen LogP contribution in [0.15, 0.2) is 10.3 Å². The number of nitrogens with two attached hydrogens (primary N) is 1. The van der Waals surface area contributed by atoms with E-state index in [-0.39, 0.29) is 19.0 Å². The number of rotatable bonds is 6. The van der Waals surface area contributed by atoms with Crippen LogP contribution in [0.1, 0.15) is 6.92 Å². The second kappa shape index (κ2) is 6.06. The van der Waals surface area contributed by atoms with Crippen LogP contribution < -0.4 is 5.84 Å². The Labute approximate surface area is 74.6 Å². The van der Waals surface area contributed by atoms with Crippen LogP contribution in [0.4, 0.5) is 0 Å². The van der Waals surface area contributed by atoms with Crippen molar-refractivity contribution >= 4 is 11.8 Å². The van der Waals surface area contributed by atoms with Crippen LogP contribution in [0.5, 0.6) is 0 Å². The Bertz CT molecular complexity index is 216. The predicted octanol–water partition coefficient (Wildman–Crippen LogP) is -0.629. The van der Waals surface area contributed by atoms with Crippen molar-refractivity contribution < 1.29 is 19.4 Å². The molecular formula is C6H11N3O4. The molecule has 0 aliphatic rings. The summed E-state index contributed by atoms with van der Waals surface area (Å²) in [5.41, 5.74) is 0. The normalized spacial score (nSPS) is 13.0. The fourth-order valence-corrected chi connectivity index (χ4v) is 0.549. The number of hydrogen-bond donors (Lipinski definition) is 2. The number of carbonyl (C=O) groups is 2. The maximum atomic E-state index is 10.4. The lowest BCUT2D eigenvalue weighted by atomic mass is 10.3. The van der Waals surface area contributed by atoms with Crippen molar-refractivity contribution in [1.82, 2.24) is 0 Å². The first-order chi connectivity index (χ1) is 6.07. The summed E-state index contributed by atoms with van der Waals surface area (Å²) in [5, 5.41) is 14.5. The molecule has 0 bridgehead atoms. The summed E-state index contributed by atoms with van der Waals surface area (Å²) < 4.78 is 4.73. The van der Waals surface area contributed by atoms with Gasteiger partial charge in [-0.25, -0.2) is 4.79 Å².